The van der Waals surface area contributed by atoms with Gasteiger partial charge in [-0.1, -0.05) is 29.8 Å². The molecular weight excluding hydrogens is 403 g/mol. The highest BCUT2D eigenvalue weighted by molar-refractivity contribution is 6.31. The van der Waals surface area contributed by atoms with Crippen LogP contribution in [0.1, 0.15) is 11.3 Å². The maximum absolute atomic E-state index is 14.2. The fraction of sp³-hybridized carbons (Fsp3) is 0.150. The Labute approximate surface area is 170 Å². The van der Waals surface area contributed by atoms with E-state index in [4.69, 9.17) is 20.8 Å². The number of ether oxygens (including phenoxy) is 1. The van der Waals surface area contributed by atoms with Crippen LogP contribution in [-0.2, 0) is 17.9 Å². The number of benzene rings is 2. The first-order chi connectivity index (χ1) is 14.0. The Morgan fingerprint density at radius 1 is 1.14 bits per heavy atom. The molecular formula is C20H16ClFN2O5. The van der Waals surface area contributed by atoms with Crippen molar-refractivity contribution in [1.82, 2.24) is 4.90 Å². The number of hydrogen-bond donors (Lipinski definition) is 0. The summed E-state index contributed by atoms with van der Waals surface area (Å²) in [6, 6.07) is 13.3. The predicted molar refractivity (Wildman–Crippen MR) is 103 cm³/mol. The van der Waals surface area contributed by atoms with E-state index in [1.54, 1.807) is 18.2 Å². The Hall–Kier alpha value is -3.39. The molecule has 2 aromatic carbocycles. The number of halogens is 2. The molecule has 0 fully saturated rings. The molecule has 0 aliphatic heterocycles. The molecule has 29 heavy (non-hydrogen) atoms. The topological polar surface area (TPSA) is 85.8 Å². The van der Waals surface area contributed by atoms with Gasteiger partial charge in [-0.3, -0.25) is 14.9 Å². The maximum Gasteiger partial charge on any atom is 0.310 e. The molecule has 0 N–H and O–H groups in total. The smallest absolute Gasteiger partial charge is 0.310 e. The molecule has 150 valence electrons. The van der Waals surface area contributed by atoms with Crippen molar-refractivity contribution in [2.75, 3.05) is 6.61 Å². The van der Waals surface area contributed by atoms with Crippen LogP contribution in [0.15, 0.2) is 65.3 Å². The number of nitro groups is 1. The van der Waals surface area contributed by atoms with Crippen molar-refractivity contribution in [3.63, 3.8) is 0 Å². The number of carbonyl (C=O) groups excluding carboxylic acids is 1. The van der Waals surface area contributed by atoms with E-state index >= 15 is 0 Å². The van der Waals surface area contributed by atoms with Crippen LogP contribution in [-0.4, -0.2) is 22.3 Å². The van der Waals surface area contributed by atoms with Crippen molar-refractivity contribution in [3.8, 4) is 5.75 Å². The lowest BCUT2D eigenvalue weighted by molar-refractivity contribution is -0.385. The van der Waals surface area contributed by atoms with Crippen LogP contribution in [0.5, 0.6) is 5.75 Å². The fourth-order valence-corrected chi connectivity index (χ4v) is 2.88. The van der Waals surface area contributed by atoms with E-state index in [1.807, 2.05) is 0 Å². The highest BCUT2D eigenvalue weighted by Crippen LogP contribution is 2.26. The van der Waals surface area contributed by atoms with E-state index in [9.17, 15) is 19.3 Å². The zero-order chi connectivity index (χ0) is 20.8. The predicted octanol–water partition coefficient (Wildman–Crippen LogP) is 4.59. The molecule has 1 amide bonds. The van der Waals surface area contributed by atoms with Crippen LogP contribution < -0.4 is 4.74 Å². The maximum atomic E-state index is 14.2. The molecule has 0 aliphatic carbocycles. The summed E-state index contributed by atoms with van der Waals surface area (Å²) in [5, 5.41) is 11.3. The fourth-order valence-electron chi connectivity index (χ4n) is 2.66. The van der Waals surface area contributed by atoms with E-state index in [0.717, 1.165) is 0 Å². The summed E-state index contributed by atoms with van der Waals surface area (Å²) < 4.78 is 24.8. The van der Waals surface area contributed by atoms with Gasteiger partial charge >= 0.3 is 5.69 Å². The minimum atomic E-state index is -0.598. The van der Waals surface area contributed by atoms with Crippen molar-refractivity contribution >= 4 is 23.2 Å². The second kappa shape index (κ2) is 9.20. The van der Waals surface area contributed by atoms with E-state index < -0.39 is 23.3 Å². The molecule has 0 saturated carbocycles. The van der Waals surface area contributed by atoms with Gasteiger partial charge in [0.15, 0.2) is 12.4 Å². The van der Waals surface area contributed by atoms with E-state index in [2.05, 4.69) is 0 Å². The number of rotatable bonds is 8. The van der Waals surface area contributed by atoms with Gasteiger partial charge in [0.05, 0.1) is 24.3 Å². The molecule has 9 heteroatoms. The SMILES string of the molecule is O=C(COc1ccccc1[N+](=O)[O-])N(Cc1ccco1)Cc1c(F)cccc1Cl. The quantitative estimate of drug-likeness (QED) is 0.394. The summed E-state index contributed by atoms with van der Waals surface area (Å²) in [4.78, 5) is 24.6. The second-order valence-electron chi connectivity index (χ2n) is 6.04. The average molecular weight is 419 g/mol. The van der Waals surface area contributed by atoms with Gasteiger partial charge in [0.2, 0.25) is 0 Å². The summed E-state index contributed by atoms with van der Waals surface area (Å²) in [5.41, 5.74) is -0.102. The highest BCUT2D eigenvalue weighted by Gasteiger charge is 2.21. The molecule has 0 bridgehead atoms. The van der Waals surface area contributed by atoms with Crippen molar-refractivity contribution in [2.24, 2.45) is 0 Å². The summed E-state index contributed by atoms with van der Waals surface area (Å²) in [7, 11) is 0. The third-order valence-electron chi connectivity index (χ3n) is 4.10. The van der Waals surface area contributed by atoms with Crippen LogP contribution in [0.4, 0.5) is 10.1 Å². The van der Waals surface area contributed by atoms with Gasteiger partial charge in [-0.15, -0.1) is 0 Å². The number of nitrogens with zero attached hydrogens (tertiary/aromatic N) is 2. The second-order valence-corrected chi connectivity index (χ2v) is 6.45. The molecule has 0 saturated heterocycles. The largest absolute Gasteiger partial charge is 0.477 e. The molecule has 3 aromatic rings. The Bertz CT molecular complexity index is 990. The Morgan fingerprint density at radius 2 is 1.93 bits per heavy atom. The highest BCUT2D eigenvalue weighted by atomic mass is 35.5. The minimum absolute atomic E-state index is 0.0345. The first-order valence-corrected chi connectivity index (χ1v) is 8.92. The molecule has 0 aliphatic rings. The molecule has 1 aromatic heterocycles. The van der Waals surface area contributed by atoms with Gasteiger partial charge in [0.25, 0.3) is 5.91 Å². The molecule has 0 unspecified atom stereocenters. The monoisotopic (exact) mass is 418 g/mol. The third kappa shape index (κ3) is 5.11. The van der Waals surface area contributed by atoms with Crippen LogP contribution in [0.3, 0.4) is 0 Å². The zero-order valence-corrected chi connectivity index (χ0v) is 15.8. The number of nitro benzene ring substituents is 1. The molecule has 0 spiro atoms. The Morgan fingerprint density at radius 3 is 2.62 bits per heavy atom. The summed E-state index contributed by atoms with van der Waals surface area (Å²) in [6.07, 6.45) is 1.46. The molecule has 0 radical (unpaired) electrons. The number of furan rings is 1. The zero-order valence-electron chi connectivity index (χ0n) is 15.1. The minimum Gasteiger partial charge on any atom is -0.477 e. The van der Waals surface area contributed by atoms with Gasteiger partial charge < -0.3 is 14.1 Å². The first kappa shape index (κ1) is 20.3. The van der Waals surface area contributed by atoms with Crippen LogP contribution in [0.2, 0.25) is 5.02 Å². The average Bonchev–Trinajstić information content (AvgIpc) is 3.21. The number of para-hydroxylation sites is 2. The Kier molecular flexibility index (Phi) is 6.46. The van der Waals surface area contributed by atoms with Crippen LogP contribution >= 0.6 is 11.6 Å². The van der Waals surface area contributed by atoms with E-state index in [1.165, 1.54) is 47.6 Å². The van der Waals surface area contributed by atoms with Gasteiger partial charge in [-0.05, 0) is 30.3 Å². The van der Waals surface area contributed by atoms with Crippen molar-refractivity contribution in [1.29, 1.82) is 0 Å². The van der Waals surface area contributed by atoms with Crippen molar-refractivity contribution in [2.45, 2.75) is 13.1 Å². The van der Waals surface area contributed by atoms with Gasteiger partial charge in [-0.25, -0.2) is 4.39 Å². The normalized spacial score (nSPS) is 10.6. The lowest BCUT2D eigenvalue weighted by Crippen LogP contribution is -2.34. The van der Waals surface area contributed by atoms with Gasteiger partial charge in [-0.2, -0.15) is 0 Å². The van der Waals surface area contributed by atoms with E-state index in [-0.39, 0.29) is 35.1 Å². The summed E-state index contributed by atoms with van der Waals surface area (Å²) >= 11 is 6.08. The number of carbonyl (C=O) groups is 1. The summed E-state index contributed by atoms with van der Waals surface area (Å²) in [5.74, 6) is -0.613. The van der Waals surface area contributed by atoms with Crippen molar-refractivity contribution < 1.29 is 23.3 Å². The number of amides is 1. The molecule has 0 atom stereocenters. The summed E-state index contributed by atoms with van der Waals surface area (Å²) in [6.45, 7) is -0.542. The lowest BCUT2D eigenvalue weighted by atomic mass is 10.2. The molecule has 1 heterocycles. The van der Waals surface area contributed by atoms with Crippen molar-refractivity contribution in [3.05, 3.63) is 93.1 Å². The van der Waals surface area contributed by atoms with E-state index in [0.29, 0.717) is 5.76 Å². The van der Waals surface area contributed by atoms with Gasteiger partial charge in [0, 0.05) is 16.7 Å². The van der Waals surface area contributed by atoms with Gasteiger partial charge in [0.1, 0.15) is 11.6 Å². The number of hydrogen-bond acceptors (Lipinski definition) is 5. The third-order valence-corrected chi connectivity index (χ3v) is 4.46. The first-order valence-electron chi connectivity index (χ1n) is 8.55. The van der Waals surface area contributed by atoms with Crippen LogP contribution in [0.25, 0.3) is 0 Å². The Balaban J connectivity index is 1.78. The standard InChI is InChI=1S/C20H16ClFN2O5/c21-16-6-3-7-17(22)15(16)12-23(11-14-5-4-10-28-14)20(25)13-29-19-9-2-1-8-18(19)24(26)27/h1-10H,11-13H2. The molecule has 7 nitrogen and oxygen atoms in total. The molecule has 3 rings (SSSR count). The van der Waals surface area contributed by atoms with Crippen LogP contribution in [0, 0.1) is 15.9 Å². The lowest BCUT2D eigenvalue weighted by Gasteiger charge is -2.22.